The van der Waals surface area contributed by atoms with Crippen LogP contribution in [0.15, 0.2) is 36.4 Å². The van der Waals surface area contributed by atoms with Crippen LogP contribution in [0.2, 0.25) is 10.0 Å². The van der Waals surface area contributed by atoms with Crippen molar-refractivity contribution in [1.82, 2.24) is 4.98 Å². The molecule has 0 aliphatic heterocycles. The van der Waals surface area contributed by atoms with Crippen LogP contribution in [0.4, 0.5) is 0 Å². The van der Waals surface area contributed by atoms with Crippen LogP contribution in [0.1, 0.15) is 21.5 Å². The minimum absolute atomic E-state index is 0.207. The molecule has 5 heteroatoms. The highest BCUT2D eigenvalue weighted by Gasteiger charge is 2.16. The van der Waals surface area contributed by atoms with Gasteiger partial charge in [-0.15, -0.1) is 0 Å². The number of fused-ring (bicyclic) bond motifs is 1. The third-order valence-electron chi connectivity index (χ3n) is 3.69. The molecule has 3 nitrogen and oxygen atoms in total. The summed E-state index contributed by atoms with van der Waals surface area (Å²) >= 11 is 12.3. The number of benzene rings is 2. The quantitative estimate of drug-likeness (QED) is 0.664. The Hall–Kier alpha value is -2.10. The maximum absolute atomic E-state index is 11.7. The number of hydrogen-bond donors (Lipinski definition) is 1. The first-order chi connectivity index (χ1) is 10.9. The van der Waals surface area contributed by atoms with Gasteiger partial charge in [-0.25, -0.2) is 9.78 Å². The number of pyridine rings is 1. The zero-order valence-corrected chi connectivity index (χ0v) is 14.0. The Bertz CT molecular complexity index is 951. The predicted octanol–water partition coefficient (Wildman–Crippen LogP) is 5.52. The van der Waals surface area contributed by atoms with Gasteiger partial charge in [0.15, 0.2) is 0 Å². The molecule has 0 spiro atoms. The van der Waals surface area contributed by atoms with E-state index in [4.69, 9.17) is 23.2 Å². The summed E-state index contributed by atoms with van der Waals surface area (Å²) in [7, 11) is 0. The normalized spacial score (nSPS) is 11.0. The molecule has 1 aromatic heterocycles. The molecular formula is C18H13Cl2NO2. The number of aromatic nitrogens is 1. The summed E-state index contributed by atoms with van der Waals surface area (Å²) in [5, 5.41) is 11.2. The van der Waals surface area contributed by atoms with Crippen LogP contribution < -0.4 is 0 Å². The van der Waals surface area contributed by atoms with Gasteiger partial charge in [-0.1, -0.05) is 29.3 Å². The van der Waals surface area contributed by atoms with Crippen LogP contribution in [-0.4, -0.2) is 16.1 Å². The van der Waals surface area contributed by atoms with Crippen LogP contribution in [0.5, 0.6) is 0 Å². The van der Waals surface area contributed by atoms with Gasteiger partial charge in [-0.2, -0.15) is 0 Å². The monoisotopic (exact) mass is 345 g/mol. The molecule has 3 rings (SSSR count). The van der Waals surface area contributed by atoms with Gasteiger partial charge < -0.3 is 5.11 Å². The van der Waals surface area contributed by atoms with Crippen molar-refractivity contribution in [2.24, 2.45) is 0 Å². The van der Waals surface area contributed by atoms with E-state index in [9.17, 15) is 9.90 Å². The average Bonchev–Trinajstić information content (AvgIpc) is 2.48. The molecule has 0 aliphatic carbocycles. The van der Waals surface area contributed by atoms with Gasteiger partial charge in [-0.3, -0.25) is 0 Å². The first-order valence-electron chi connectivity index (χ1n) is 6.97. The van der Waals surface area contributed by atoms with E-state index in [1.54, 1.807) is 24.3 Å². The molecule has 0 atom stereocenters. The standard InChI is InChI=1S/C18H13Cl2NO2/c1-9-5-10(2)17-13(18(22)23)8-15(21-16(17)6-9)12-7-11(19)3-4-14(12)20/h3-8H,1-2H3,(H,22,23). The van der Waals surface area contributed by atoms with Crippen LogP contribution in [0, 0.1) is 13.8 Å². The minimum Gasteiger partial charge on any atom is -0.478 e. The summed E-state index contributed by atoms with van der Waals surface area (Å²) in [5.74, 6) is -0.997. The van der Waals surface area contributed by atoms with Gasteiger partial charge in [0, 0.05) is 16.0 Å². The van der Waals surface area contributed by atoms with Gasteiger partial charge in [0.1, 0.15) is 0 Å². The lowest BCUT2D eigenvalue weighted by Gasteiger charge is -2.11. The van der Waals surface area contributed by atoms with E-state index in [0.29, 0.717) is 32.2 Å². The van der Waals surface area contributed by atoms with E-state index >= 15 is 0 Å². The Labute approximate surface area is 143 Å². The third-order valence-corrected chi connectivity index (χ3v) is 4.25. The molecule has 2 aromatic carbocycles. The Morgan fingerprint density at radius 2 is 1.83 bits per heavy atom. The van der Waals surface area contributed by atoms with Gasteiger partial charge in [0.25, 0.3) is 0 Å². The number of rotatable bonds is 2. The fraction of sp³-hybridized carbons (Fsp3) is 0.111. The van der Waals surface area contributed by atoms with Gasteiger partial charge >= 0.3 is 5.97 Å². The summed E-state index contributed by atoms with van der Waals surface area (Å²) in [6, 6.07) is 10.4. The summed E-state index contributed by atoms with van der Waals surface area (Å²) in [6.07, 6.45) is 0. The smallest absolute Gasteiger partial charge is 0.336 e. The zero-order chi connectivity index (χ0) is 16.7. The Balaban J connectivity index is 2.40. The SMILES string of the molecule is Cc1cc(C)c2c(C(=O)O)cc(-c3cc(Cl)ccc3Cl)nc2c1. The van der Waals surface area contributed by atoms with Crippen LogP contribution in [0.25, 0.3) is 22.2 Å². The average molecular weight is 346 g/mol. The van der Waals surface area contributed by atoms with Gasteiger partial charge in [0.05, 0.1) is 21.8 Å². The molecular weight excluding hydrogens is 333 g/mol. The second-order valence-corrected chi connectivity index (χ2v) is 6.30. The maximum atomic E-state index is 11.7. The number of nitrogens with zero attached hydrogens (tertiary/aromatic N) is 1. The van der Waals surface area contributed by atoms with E-state index in [2.05, 4.69) is 4.98 Å². The van der Waals surface area contributed by atoms with Crippen LogP contribution in [0.3, 0.4) is 0 Å². The minimum atomic E-state index is -0.997. The zero-order valence-electron chi connectivity index (χ0n) is 12.5. The molecule has 0 saturated heterocycles. The second kappa shape index (κ2) is 5.84. The van der Waals surface area contributed by atoms with Crippen LogP contribution in [-0.2, 0) is 0 Å². The van der Waals surface area contributed by atoms with E-state index < -0.39 is 5.97 Å². The van der Waals surface area contributed by atoms with Crippen molar-refractivity contribution < 1.29 is 9.90 Å². The first-order valence-corrected chi connectivity index (χ1v) is 7.73. The Morgan fingerprint density at radius 1 is 1.09 bits per heavy atom. The molecule has 0 fully saturated rings. The summed E-state index contributed by atoms with van der Waals surface area (Å²) in [4.78, 5) is 16.3. The highest BCUT2D eigenvalue weighted by atomic mass is 35.5. The molecule has 116 valence electrons. The molecule has 1 N–H and O–H groups in total. The number of aromatic carboxylic acids is 1. The Kier molecular flexibility index (Phi) is 4.00. The number of carboxylic acid groups (broad SMARTS) is 1. The number of aryl methyl sites for hydroxylation is 2. The lowest BCUT2D eigenvalue weighted by Crippen LogP contribution is -2.02. The molecule has 0 bridgehead atoms. The van der Waals surface area contributed by atoms with Crippen molar-refractivity contribution in [2.45, 2.75) is 13.8 Å². The van der Waals surface area contributed by atoms with E-state index in [1.165, 1.54) is 0 Å². The highest BCUT2D eigenvalue weighted by Crippen LogP contribution is 2.33. The lowest BCUT2D eigenvalue weighted by molar-refractivity contribution is 0.0699. The van der Waals surface area contributed by atoms with Crippen molar-refractivity contribution in [3.05, 3.63) is 63.1 Å². The van der Waals surface area contributed by atoms with Crippen molar-refractivity contribution in [1.29, 1.82) is 0 Å². The molecule has 0 saturated carbocycles. The number of carbonyl (C=O) groups is 1. The fourth-order valence-electron chi connectivity index (χ4n) is 2.76. The summed E-state index contributed by atoms with van der Waals surface area (Å²) in [5.41, 5.74) is 3.85. The van der Waals surface area contributed by atoms with Crippen molar-refractivity contribution in [3.8, 4) is 11.3 Å². The highest BCUT2D eigenvalue weighted by molar-refractivity contribution is 6.35. The maximum Gasteiger partial charge on any atom is 0.336 e. The van der Waals surface area contributed by atoms with Gasteiger partial charge in [-0.05, 0) is 55.3 Å². The molecule has 3 aromatic rings. The summed E-state index contributed by atoms with van der Waals surface area (Å²) < 4.78 is 0. The van der Waals surface area contributed by atoms with Crippen molar-refractivity contribution >= 4 is 40.1 Å². The first kappa shape index (κ1) is 15.8. The number of carboxylic acids is 1. The lowest BCUT2D eigenvalue weighted by atomic mass is 9.99. The number of halogens is 2. The molecule has 0 aliphatic rings. The molecule has 1 heterocycles. The third kappa shape index (κ3) is 2.90. The molecule has 0 radical (unpaired) electrons. The molecule has 23 heavy (non-hydrogen) atoms. The predicted molar refractivity (Wildman–Crippen MR) is 93.6 cm³/mol. The van der Waals surface area contributed by atoms with Gasteiger partial charge in [0.2, 0.25) is 0 Å². The Morgan fingerprint density at radius 3 is 2.52 bits per heavy atom. The van der Waals surface area contributed by atoms with Crippen molar-refractivity contribution in [2.75, 3.05) is 0 Å². The van der Waals surface area contributed by atoms with E-state index in [0.717, 1.165) is 11.1 Å². The summed E-state index contributed by atoms with van der Waals surface area (Å²) in [6.45, 7) is 3.84. The van der Waals surface area contributed by atoms with Crippen molar-refractivity contribution in [3.63, 3.8) is 0 Å². The fourth-order valence-corrected chi connectivity index (χ4v) is 3.14. The van der Waals surface area contributed by atoms with Crippen LogP contribution >= 0.6 is 23.2 Å². The molecule has 0 amide bonds. The van der Waals surface area contributed by atoms with E-state index in [1.807, 2.05) is 26.0 Å². The van der Waals surface area contributed by atoms with E-state index in [-0.39, 0.29) is 5.56 Å². The largest absolute Gasteiger partial charge is 0.478 e. The molecule has 0 unspecified atom stereocenters. The topological polar surface area (TPSA) is 50.2 Å². The number of hydrogen-bond acceptors (Lipinski definition) is 2. The second-order valence-electron chi connectivity index (χ2n) is 5.46.